The van der Waals surface area contributed by atoms with E-state index in [0.29, 0.717) is 39.3 Å². The molecule has 0 saturated carbocycles. The van der Waals surface area contributed by atoms with Gasteiger partial charge in [0.15, 0.2) is 0 Å². The zero-order valence-electron chi connectivity index (χ0n) is 38.0. The molecule has 0 aliphatic heterocycles. The van der Waals surface area contributed by atoms with Crippen molar-refractivity contribution in [3.63, 3.8) is 0 Å². The van der Waals surface area contributed by atoms with Gasteiger partial charge in [-0.1, -0.05) is 245 Å². The number of esters is 2. The normalized spacial score (nSPS) is 11.4. The van der Waals surface area contributed by atoms with E-state index in [9.17, 15) is 9.59 Å². The molecule has 0 rings (SSSR count). The van der Waals surface area contributed by atoms with Crippen molar-refractivity contribution in [2.45, 2.75) is 271 Å². The van der Waals surface area contributed by atoms with Crippen LogP contribution in [0, 0.1) is 0 Å². The first-order chi connectivity index (χ1) is 27.7. The lowest BCUT2D eigenvalue weighted by molar-refractivity contribution is -0.147. The quantitative estimate of drug-likeness (QED) is 0.0451. The molecule has 0 saturated heterocycles. The maximum absolute atomic E-state index is 12.0. The van der Waals surface area contributed by atoms with E-state index < -0.39 is 0 Å². The van der Waals surface area contributed by atoms with Gasteiger partial charge < -0.3 is 18.9 Å². The molecule has 0 amide bonds. The third-order valence-electron chi connectivity index (χ3n) is 11.3. The van der Waals surface area contributed by atoms with Crippen molar-refractivity contribution >= 4 is 11.9 Å². The van der Waals surface area contributed by atoms with E-state index in [-0.39, 0.29) is 25.2 Å². The van der Waals surface area contributed by atoms with E-state index in [1.165, 1.54) is 218 Å². The lowest BCUT2D eigenvalue weighted by atomic mass is 10.0. The smallest absolute Gasteiger partial charge is 0.305 e. The molecule has 0 aliphatic carbocycles. The van der Waals surface area contributed by atoms with Gasteiger partial charge in [-0.15, -0.1) is 0 Å². The molecule has 0 aromatic carbocycles. The summed E-state index contributed by atoms with van der Waals surface area (Å²) >= 11 is 0. The molecule has 0 radical (unpaired) electrons. The number of ether oxygens (including phenoxy) is 4. The van der Waals surface area contributed by atoms with Crippen molar-refractivity contribution in [3.8, 4) is 0 Å². The highest BCUT2D eigenvalue weighted by molar-refractivity contribution is 5.69. The van der Waals surface area contributed by atoms with Gasteiger partial charge in [0.25, 0.3) is 0 Å². The van der Waals surface area contributed by atoms with Gasteiger partial charge >= 0.3 is 11.9 Å². The van der Waals surface area contributed by atoms with Crippen LogP contribution in [0.4, 0.5) is 0 Å². The Hall–Kier alpha value is -1.14. The molecular weight excluding hydrogens is 697 g/mol. The second-order valence-corrected chi connectivity index (χ2v) is 16.9. The summed E-state index contributed by atoms with van der Waals surface area (Å²) in [6, 6.07) is 0. The van der Waals surface area contributed by atoms with Gasteiger partial charge in [0.1, 0.15) is 13.2 Å². The van der Waals surface area contributed by atoms with E-state index in [2.05, 4.69) is 13.8 Å². The van der Waals surface area contributed by atoms with E-state index in [1.54, 1.807) is 0 Å². The molecule has 0 N–H and O–H groups in total. The fourth-order valence-electron chi connectivity index (χ4n) is 7.59. The average Bonchev–Trinajstić information content (AvgIpc) is 3.20. The predicted molar refractivity (Wildman–Crippen MR) is 240 cm³/mol. The highest BCUT2D eigenvalue weighted by atomic mass is 16.6. The highest BCUT2D eigenvalue weighted by Gasteiger charge is 2.05. The fourth-order valence-corrected chi connectivity index (χ4v) is 7.59. The van der Waals surface area contributed by atoms with E-state index in [4.69, 9.17) is 18.9 Å². The van der Waals surface area contributed by atoms with Gasteiger partial charge in [0.2, 0.25) is 0 Å². The topological polar surface area (TPSA) is 71.1 Å². The number of carbonyl (C=O) groups excluding carboxylic acids is 2. The minimum Gasteiger partial charge on any atom is -0.463 e. The Morgan fingerprint density at radius 1 is 0.250 bits per heavy atom. The van der Waals surface area contributed by atoms with Crippen LogP contribution in [-0.4, -0.2) is 51.6 Å². The summed E-state index contributed by atoms with van der Waals surface area (Å²) in [5.41, 5.74) is 0. The lowest BCUT2D eigenvalue weighted by Crippen LogP contribution is -2.15. The summed E-state index contributed by atoms with van der Waals surface area (Å²) in [6.45, 7) is 6.77. The average molecular weight is 795 g/mol. The van der Waals surface area contributed by atoms with E-state index in [0.717, 1.165) is 25.7 Å². The van der Waals surface area contributed by atoms with Crippen molar-refractivity contribution in [1.29, 1.82) is 0 Å². The Labute approximate surface area is 349 Å². The van der Waals surface area contributed by atoms with Gasteiger partial charge in [-0.25, -0.2) is 0 Å². The molecule has 56 heavy (non-hydrogen) atoms. The van der Waals surface area contributed by atoms with Crippen molar-refractivity contribution < 1.29 is 28.5 Å². The number of unbranched alkanes of at least 4 members (excludes halogenated alkanes) is 36. The molecule has 0 aromatic heterocycles. The predicted octanol–water partition coefficient (Wildman–Crippen LogP) is 15.7. The maximum atomic E-state index is 12.0. The third-order valence-corrected chi connectivity index (χ3v) is 11.3. The Morgan fingerprint density at radius 2 is 0.429 bits per heavy atom. The zero-order valence-corrected chi connectivity index (χ0v) is 38.0. The van der Waals surface area contributed by atoms with Crippen molar-refractivity contribution in [2.75, 3.05) is 39.6 Å². The minimum atomic E-state index is -0.126. The Kier molecular flexibility index (Phi) is 49.0. The molecule has 334 valence electrons. The summed E-state index contributed by atoms with van der Waals surface area (Å²) in [5.74, 6) is -0.252. The van der Waals surface area contributed by atoms with Crippen molar-refractivity contribution in [1.82, 2.24) is 0 Å². The van der Waals surface area contributed by atoms with Crippen LogP contribution in [0.5, 0.6) is 0 Å². The SMILES string of the molecule is CCCCCCCCCCCCCCCCCCCCCC(=O)OCCOCCOCCOC(=O)CCCCCCCCCCCCCCCCCCCCC. The van der Waals surface area contributed by atoms with Gasteiger partial charge in [0, 0.05) is 12.8 Å². The monoisotopic (exact) mass is 795 g/mol. The van der Waals surface area contributed by atoms with Crippen LogP contribution in [0.3, 0.4) is 0 Å². The van der Waals surface area contributed by atoms with Gasteiger partial charge in [-0.3, -0.25) is 9.59 Å². The van der Waals surface area contributed by atoms with Crippen LogP contribution >= 0.6 is 0 Å². The third kappa shape index (κ3) is 49.0. The Balaban J connectivity index is 3.22. The van der Waals surface area contributed by atoms with E-state index >= 15 is 0 Å². The molecule has 0 aliphatic rings. The summed E-state index contributed by atoms with van der Waals surface area (Å²) in [6.07, 6.45) is 52.3. The molecule has 0 atom stereocenters. The first kappa shape index (κ1) is 54.9. The molecule has 0 aromatic rings. The lowest BCUT2D eigenvalue weighted by Gasteiger charge is -2.08. The first-order valence-corrected chi connectivity index (χ1v) is 25.2. The standard InChI is InChI=1S/C50H98O6/c1-3-5-7-9-11-13-15-17-19-21-23-25-27-29-31-33-35-37-39-41-49(51)55-47-45-53-43-44-54-46-48-56-50(52)42-40-38-36-34-32-30-28-26-24-22-20-18-16-14-12-10-8-6-4-2/h3-48H2,1-2H3. The summed E-state index contributed by atoms with van der Waals surface area (Å²) < 4.78 is 21.6. The molecule has 0 unspecified atom stereocenters. The molecular formula is C50H98O6. The molecule has 6 nitrogen and oxygen atoms in total. The maximum Gasteiger partial charge on any atom is 0.305 e. The summed E-state index contributed by atoms with van der Waals surface area (Å²) in [7, 11) is 0. The largest absolute Gasteiger partial charge is 0.463 e. The second-order valence-electron chi connectivity index (χ2n) is 16.9. The van der Waals surface area contributed by atoms with Gasteiger partial charge in [-0.05, 0) is 12.8 Å². The molecule has 6 heteroatoms. The number of carbonyl (C=O) groups is 2. The van der Waals surface area contributed by atoms with Crippen LogP contribution in [-0.2, 0) is 28.5 Å². The molecule has 0 spiro atoms. The molecule has 0 heterocycles. The van der Waals surface area contributed by atoms with Crippen molar-refractivity contribution in [2.24, 2.45) is 0 Å². The van der Waals surface area contributed by atoms with Crippen LogP contribution in [0.2, 0.25) is 0 Å². The number of hydrogen-bond donors (Lipinski definition) is 0. The minimum absolute atomic E-state index is 0.126. The van der Waals surface area contributed by atoms with Crippen LogP contribution in [0.25, 0.3) is 0 Å². The van der Waals surface area contributed by atoms with Crippen LogP contribution in [0.1, 0.15) is 271 Å². The van der Waals surface area contributed by atoms with Crippen LogP contribution in [0.15, 0.2) is 0 Å². The number of hydrogen-bond acceptors (Lipinski definition) is 6. The van der Waals surface area contributed by atoms with Gasteiger partial charge in [0.05, 0.1) is 26.4 Å². The number of rotatable bonds is 49. The van der Waals surface area contributed by atoms with E-state index in [1.807, 2.05) is 0 Å². The zero-order chi connectivity index (χ0) is 40.5. The highest BCUT2D eigenvalue weighted by Crippen LogP contribution is 2.17. The second kappa shape index (κ2) is 50.0. The Bertz CT molecular complexity index is 696. The molecule has 0 fully saturated rings. The van der Waals surface area contributed by atoms with Crippen molar-refractivity contribution in [3.05, 3.63) is 0 Å². The first-order valence-electron chi connectivity index (χ1n) is 25.2. The summed E-state index contributed by atoms with van der Waals surface area (Å²) in [4.78, 5) is 23.9. The Morgan fingerprint density at radius 3 is 0.643 bits per heavy atom. The van der Waals surface area contributed by atoms with Crippen LogP contribution < -0.4 is 0 Å². The van der Waals surface area contributed by atoms with Gasteiger partial charge in [-0.2, -0.15) is 0 Å². The fraction of sp³-hybridized carbons (Fsp3) is 0.960. The summed E-state index contributed by atoms with van der Waals surface area (Å²) in [5, 5.41) is 0. The molecule has 0 bridgehead atoms.